The highest BCUT2D eigenvalue weighted by Gasteiger charge is 2.09. The summed E-state index contributed by atoms with van der Waals surface area (Å²) < 4.78 is 22.4. The van der Waals surface area contributed by atoms with E-state index in [-0.39, 0.29) is 11.8 Å². The summed E-state index contributed by atoms with van der Waals surface area (Å²) in [6.07, 6.45) is 1.82. The largest absolute Gasteiger partial charge is 0.354 e. The van der Waals surface area contributed by atoms with Crippen molar-refractivity contribution in [3.8, 4) is 0 Å². The molecule has 0 saturated heterocycles. The summed E-state index contributed by atoms with van der Waals surface area (Å²) in [6, 6.07) is 6.40. The second-order valence-corrected chi connectivity index (χ2v) is 8.08. The minimum Gasteiger partial charge on any atom is -0.354 e. The minimum absolute atomic E-state index is 0.0417. The van der Waals surface area contributed by atoms with E-state index in [9.17, 15) is 8.42 Å². The van der Waals surface area contributed by atoms with E-state index in [0.29, 0.717) is 18.9 Å². The van der Waals surface area contributed by atoms with Gasteiger partial charge >= 0.3 is 0 Å². The van der Waals surface area contributed by atoms with Gasteiger partial charge in [0.15, 0.2) is 5.96 Å². The number of aliphatic imine (C=N–C) groups is 1. The number of aryl methyl sites for hydroxylation is 2. The Bertz CT molecular complexity index is 624. The van der Waals surface area contributed by atoms with Crippen molar-refractivity contribution in [3.05, 3.63) is 34.9 Å². The van der Waals surface area contributed by atoms with E-state index in [0.717, 1.165) is 0 Å². The van der Waals surface area contributed by atoms with E-state index in [4.69, 9.17) is 0 Å². The quantitative estimate of drug-likeness (QED) is 0.618. The van der Waals surface area contributed by atoms with E-state index in [1.807, 2.05) is 6.92 Å². The summed E-state index contributed by atoms with van der Waals surface area (Å²) in [5.74, 6) is 0.857. The van der Waals surface area contributed by atoms with Gasteiger partial charge in [-0.1, -0.05) is 23.8 Å². The SMILES string of the molecule is CN=C(NCc1ccc(C)cc1C)NC(C)CCS(C)(=O)=O. The highest BCUT2D eigenvalue weighted by atomic mass is 32.2. The molecule has 6 heteroatoms. The maximum absolute atomic E-state index is 11.2. The Morgan fingerprint density at radius 3 is 2.55 bits per heavy atom. The van der Waals surface area contributed by atoms with Crippen LogP contribution in [0.2, 0.25) is 0 Å². The molecular formula is C16H27N3O2S. The van der Waals surface area contributed by atoms with Crippen LogP contribution in [0.1, 0.15) is 30.0 Å². The van der Waals surface area contributed by atoms with Gasteiger partial charge in [-0.3, -0.25) is 4.99 Å². The minimum atomic E-state index is -2.93. The predicted molar refractivity (Wildman–Crippen MR) is 93.0 cm³/mol. The maximum Gasteiger partial charge on any atom is 0.191 e. The third-order valence-electron chi connectivity index (χ3n) is 3.47. The van der Waals surface area contributed by atoms with Gasteiger partial charge in [-0.05, 0) is 38.3 Å². The molecule has 1 atom stereocenters. The van der Waals surface area contributed by atoms with Gasteiger partial charge in [0.2, 0.25) is 0 Å². The number of nitrogens with zero attached hydrogens (tertiary/aromatic N) is 1. The zero-order valence-corrected chi connectivity index (χ0v) is 14.9. The lowest BCUT2D eigenvalue weighted by Crippen LogP contribution is -2.42. The topological polar surface area (TPSA) is 70.6 Å². The molecule has 2 N–H and O–H groups in total. The summed E-state index contributed by atoms with van der Waals surface area (Å²) in [5.41, 5.74) is 3.71. The van der Waals surface area contributed by atoms with Crippen LogP contribution in [0.4, 0.5) is 0 Å². The van der Waals surface area contributed by atoms with Gasteiger partial charge in [0.1, 0.15) is 9.84 Å². The Kier molecular flexibility index (Phi) is 6.87. The van der Waals surface area contributed by atoms with Gasteiger partial charge in [-0.25, -0.2) is 8.42 Å². The van der Waals surface area contributed by atoms with Crippen LogP contribution >= 0.6 is 0 Å². The lowest BCUT2D eigenvalue weighted by Gasteiger charge is -2.18. The van der Waals surface area contributed by atoms with Gasteiger partial charge in [0, 0.05) is 25.9 Å². The molecular weight excluding hydrogens is 298 g/mol. The number of sulfone groups is 1. The Morgan fingerprint density at radius 2 is 2.00 bits per heavy atom. The average molecular weight is 325 g/mol. The first-order valence-corrected chi connectivity index (χ1v) is 9.48. The van der Waals surface area contributed by atoms with Crippen LogP contribution in [-0.2, 0) is 16.4 Å². The first kappa shape index (κ1) is 18.5. The predicted octanol–water partition coefficient (Wildman–Crippen LogP) is 1.79. The molecule has 0 amide bonds. The van der Waals surface area contributed by atoms with Crippen LogP contribution in [0, 0.1) is 13.8 Å². The fourth-order valence-corrected chi connectivity index (χ4v) is 2.90. The van der Waals surface area contributed by atoms with Crippen LogP contribution in [0.3, 0.4) is 0 Å². The van der Waals surface area contributed by atoms with Crippen molar-refractivity contribution >= 4 is 15.8 Å². The van der Waals surface area contributed by atoms with Crippen LogP contribution < -0.4 is 10.6 Å². The van der Waals surface area contributed by atoms with E-state index in [1.165, 1.54) is 22.9 Å². The maximum atomic E-state index is 11.2. The molecule has 0 aromatic heterocycles. The third kappa shape index (κ3) is 6.93. The van der Waals surface area contributed by atoms with Gasteiger partial charge < -0.3 is 10.6 Å². The molecule has 0 fully saturated rings. The zero-order valence-electron chi connectivity index (χ0n) is 14.1. The van der Waals surface area contributed by atoms with E-state index in [1.54, 1.807) is 7.05 Å². The van der Waals surface area contributed by atoms with Crippen molar-refractivity contribution < 1.29 is 8.42 Å². The molecule has 1 aromatic rings. The molecule has 0 aliphatic carbocycles. The van der Waals surface area contributed by atoms with Gasteiger partial charge in [-0.2, -0.15) is 0 Å². The molecule has 1 aromatic carbocycles. The molecule has 0 aliphatic heterocycles. The first-order chi connectivity index (χ1) is 10.2. The number of rotatable bonds is 6. The molecule has 1 rings (SSSR count). The second-order valence-electron chi connectivity index (χ2n) is 5.82. The number of guanidine groups is 1. The average Bonchev–Trinajstić information content (AvgIpc) is 2.42. The Morgan fingerprint density at radius 1 is 1.32 bits per heavy atom. The molecule has 22 heavy (non-hydrogen) atoms. The highest BCUT2D eigenvalue weighted by molar-refractivity contribution is 7.90. The summed E-state index contributed by atoms with van der Waals surface area (Å²) in [4.78, 5) is 4.18. The van der Waals surface area contributed by atoms with Crippen molar-refractivity contribution in [2.24, 2.45) is 4.99 Å². The zero-order chi connectivity index (χ0) is 16.8. The fourth-order valence-electron chi connectivity index (χ4n) is 2.11. The third-order valence-corrected chi connectivity index (χ3v) is 4.45. The Labute approximate surface area is 134 Å². The number of hydrogen-bond acceptors (Lipinski definition) is 3. The van der Waals surface area contributed by atoms with Gasteiger partial charge in [0.25, 0.3) is 0 Å². The highest BCUT2D eigenvalue weighted by Crippen LogP contribution is 2.10. The molecule has 5 nitrogen and oxygen atoms in total. The number of benzene rings is 1. The van der Waals surface area contributed by atoms with Gasteiger partial charge in [0.05, 0.1) is 5.75 Å². The van der Waals surface area contributed by atoms with Crippen molar-refractivity contribution in [2.75, 3.05) is 19.1 Å². The Hall–Kier alpha value is -1.56. The smallest absolute Gasteiger partial charge is 0.191 e. The molecule has 0 aliphatic rings. The monoisotopic (exact) mass is 325 g/mol. The summed E-state index contributed by atoms with van der Waals surface area (Å²) in [6.45, 7) is 6.81. The van der Waals surface area contributed by atoms with Crippen LogP contribution in [0.25, 0.3) is 0 Å². The lowest BCUT2D eigenvalue weighted by atomic mass is 10.1. The van der Waals surface area contributed by atoms with Crippen molar-refractivity contribution in [3.63, 3.8) is 0 Å². The molecule has 0 heterocycles. The van der Waals surface area contributed by atoms with E-state index < -0.39 is 9.84 Å². The van der Waals surface area contributed by atoms with Crippen LogP contribution in [-0.4, -0.2) is 39.5 Å². The first-order valence-electron chi connectivity index (χ1n) is 7.42. The lowest BCUT2D eigenvalue weighted by molar-refractivity contribution is 0.581. The number of nitrogens with one attached hydrogen (secondary N) is 2. The van der Waals surface area contributed by atoms with Gasteiger partial charge in [-0.15, -0.1) is 0 Å². The molecule has 0 bridgehead atoms. The van der Waals surface area contributed by atoms with Crippen molar-refractivity contribution in [1.82, 2.24) is 10.6 Å². The van der Waals surface area contributed by atoms with Crippen molar-refractivity contribution in [1.29, 1.82) is 0 Å². The van der Waals surface area contributed by atoms with E-state index in [2.05, 4.69) is 47.7 Å². The van der Waals surface area contributed by atoms with E-state index >= 15 is 0 Å². The molecule has 124 valence electrons. The normalized spacial score (nSPS) is 13.8. The Balaban J connectivity index is 2.52. The summed E-state index contributed by atoms with van der Waals surface area (Å²) in [7, 11) is -1.22. The fraction of sp³-hybridized carbons (Fsp3) is 0.562. The number of hydrogen-bond donors (Lipinski definition) is 2. The van der Waals surface area contributed by atoms with Crippen LogP contribution in [0.15, 0.2) is 23.2 Å². The summed E-state index contributed by atoms with van der Waals surface area (Å²) >= 11 is 0. The second kappa shape index (κ2) is 8.17. The van der Waals surface area contributed by atoms with Crippen molar-refractivity contribution in [2.45, 2.75) is 39.8 Å². The molecule has 0 radical (unpaired) electrons. The van der Waals surface area contributed by atoms with Crippen LogP contribution in [0.5, 0.6) is 0 Å². The molecule has 0 saturated carbocycles. The standard InChI is InChI=1S/C16H27N3O2S/c1-12-6-7-15(13(2)10-12)11-18-16(17-4)19-14(3)8-9-22(5,20)21/h6-7,10,14H,8-9,11H2,1-5H3,(H2,17,18,19). The molecule has 0 spiro atoms. The summed E-state index contributed by atoms with van der Waals surface area (Å²) in [5, 5.41) is 6.48. The molecule has 1 unspecified atom stereocenters.